The number of aromatic amines is 1. The van der Waals surface area contributed by atoms with Crippen molar-refractivity contribution >= 4 is 5.78 Å². The Morgan fingerprint density at radius 1 is 1.24 bits per heavy atom. The van der Waals surface area contributed by atoms with Crippen molar-refractivity contribution in [2.24, 2.45) is 0 Å². The van der Waals surface area contributed by atoms with Gasteiger partial charge in [0.2, 0.25) is 5.56 Å². The molecule has 0 aromatic carbocycles. The van der Waals surface area contributed by atoms with Gasteiger partial charge in [0.05, 0.1) is 5.69 Å². The van der Waals surface area contributed by atoms with Crippen molar-refractivity contribution in [2.75, 3.05) is 0 Å². The number of fused-ring (bicyclic) bond motifs is 1. The van der Waals surface area contributed by atoms with E-state index >= 15 is 0 Å². The van der Waals surface area contributed by atoms with Crippen molar-refractivity contribution in [3.05, 3.63) is 45.6 Å². The minimum absolute atomic E-state index is 0.0702. The molecule has 0 bridgehead atoms. The molecule has 1 N–H and O–H groups in total. The van der Waals surface area contributed by atoms with Crippen LogP contribution in [0.15, 0.2) is 23.1 Å². The Morgan fingerprint density at radius 3 is 2.67 bits per heavy atom. The SMILES string of the molecule is O=C1CCCc2c(C(F)(F)F)nn(-c3cc[nH]c(=O)c3)c21. The number of rotatable bonds is 1. The third-order valence-electron chi connectivity index (χ3n) is 3.35. The van der Waals surface area contributed by atoms with Gasteiger partial charge in [-0.3, -0.25) is 9.59 Å². The second kappa shape index (κ2) is 4.57. The number of carbonyl (C=O) groups is 1. The first-order valence-electron chi connectivity index (χ1n) is 6.29. The molecule has 1 aliphatic rings. The summed E-state index contributed by atoms with van der Waals surface area (Å²) in [5, 5.41) is 3.54. The van der Waals surface area contributed by atoms with Gasteiger partial charge in [0.15, 0.2) is 11.5 Å². The van der Waals surface area contributed by atoms with E-state index in [1.54, 1.807) is 0 Å². The van der Waals surface area contributed by atoms with Crippen LogP contribution >= 0.6 is 0 Å². The van der Waals surface area contributed by atoms with Crippen LogP contribution in [-0.4, -0.2) is 20.5 Å². The minimum Gasteiger partial charge on any atom is -0.329 e. The summed E-state index contributed by atoms with van der Waals surface area (Å²) >= 11 is 0. The van der Waals surface area contributed by atoms with Crippen LogP contribution in [0, 0.1) is 0 Å². The Hall–Kier alpha value is -2.38. The van der Waals surface area contributed by atoms with Crippen LogP contribution in [0.4, 0.5) is 13.2 Å². The Labute approximate surface area is 116 Å². The summed E-state index contributed by atoms with van der Waals surface area (Å²) in [7, 11) is 0. The molecule has 0 saturated carbocycles. The van der Waals surface area contributed by atoms with Gasteiger partial charge < -0.3 is 4.98 Å². The van der Waals surface area contributed by atoms with E-state index in [4.69, 9.17) is 0 Å². The molecule has 5 nitrogen and oxygen atoms in total. The average Bonchev–Trinajstić information content (AvgIpc) is 2.79. The van der Waals surface area contributed by atoms with Crippen molar-refractivity contribution in [1.82, 2.24) is 14.8 Å². The number of carbonyl (C=O) groups excluding carboxylic acids is 1. The van der Waals surface area contributed by atoms with E-state index in [9.17, 15) is 22.8 Å². The number of halogens is 3. The van der Waals surface area contributed by atoms with E-state index < -0.39 is 17.4 Å². The highest BCUT2D eigenvalue weighted by molar-refractivity contribution is 5.97. The maximum Gasteiger partial charge on any atom is 0.435 e. The number of nitrogens with one attached hydrogen (secondary N) is 1. The highest BCUT2D eigenvalue weighted by atomic mass is 19.4. The zero-order valence-corrected chi connectivity index (χ0v) is 10.7. The second-order valence-corrected chi connectivity index (χ2v) is 4.77. The molecule has 2 aromatic rings. The molecule has 0 radical (unpaired) electrons. The van der Waals surface area contributed by atoms with Gasteiger partial charge >= 0.3 is 6.18 Å². The number of hydrogen-bond acceptors (Lipinski definition) is 3. The molecule has 3 rings (SSSR count). The minimum atomic E-state index is -4.63. The molecule has 110 valence electrons. The summed E-state index contributed by atoms with van der Waals surface area (Å²) in [6.07, 6.45) is -2.63. The lowest BCUT2D eigenvalue weighted by Gasteiger charge is -2.13. The molecule has 2 aromatic heterocycles. The summed E-state index contributed by atoms with van der Waals surface area (Å²) in [5.41, 5.74) is -1.54. The number of alkyl halides is 3. The summed E-state index contributed by atoms with van der Waals surface area (Å²) in [4.78, 5) is 25.7. The van der Waals surface area contributed by atoms with Crippen LogP contribution in [0.3, 0.4) is 0 Å². The van der Waals surface area contributed by atoms with E-state index in [-0.39, 0.29) is 35.6 Å². The smallest absolute Gasteiger partial charge is 0.329 e. The predicted molar refractivity (Wildman–Crippen MR) is 66.5 cm³/mol. The molecule has 0 spiro atoms. The highest BCUT2D eigenvalue weighted by Gasteiger charge is 2.41. The van der Waals surface area contributed by atoms with Gasteiger partial charge in [0, 0.05) is 24.2 Å². The molecular formula is C13H10F3N3O2. The summed E-state index contributed by atoms with van der Waals surface area (Å²) in [6, 6.07) is 2.51. The molecule has 1 aliphatic carbocycles. The van der Waals surface area contributed by atoms with Gasteiger partial charge in [-0.25, -0.2) is 4.68 Å². The van der Waals surface area contributed by atoms with Gasteiger partial charge in [-0.2, -0.15) is 18.3 Å². The van der Waals surface area contributed by atoms with Crippen LogP contribution in [0.1, 0.15) is 34.6 Å². The van der Waals surface area contributed by atoms with Crippen LogP contribution < -0.4 is 5.56 Å². The molecule has 0 aliphatic heterocycles. The first-order chi connectivity index (χ1) is 9.88. The monoisotopic (exact) mass is 297 g/mol. The summed E-state index contributed by atoms with van der Waals surface area (Å²) in [5.74, 6) is -0.389. The molecule has 21 heavy (non-hydrogen) atoms. The molecule has 0 unspecified atom stereocenters. The number of nitrogens with zero attached hydrogens (tertiary/aromatic N) is 2. The van der Waals surface area contributed by atoms with Crippen molar-refractivity contribution < 1.29 is 18.0 Å². The average molecular weight is 297 g/mol. The van der Waals surface area contributed by atoms with E-state index in [0.717, 1.165) is 10.7 Å². The van der Waals surface area contributed by atoms with Gasteiger partial charge in [0.25, 0.3) is 0 Å². The van der Waals surface area contributed by atoms with Crippen LogP contribution in [0.25, 0.3) is 5.69 Å². The second-order valence-electron chi connectivity index (χ2n) is 4.77. The zero-order valence-electron chi connectivity index (χ0n) is 10.7. The van der Waals surface area contributed by atoms with Crippen LogP contribution in [0.2, 0.25) is 0 Å². The molecule has 8 heteroatoms. The van der Waals surface area contributed by atoms with Gasteiger partial charge in [-0.15, -0.1) is 0 Å². The highest BCUT2D eigenvalue weighted by Crippen LogP contribution is 2.36. The Kier molecular flexibility index (Phi) is 2.96. The summed E-state index contributed by atoms with van der Waals surface area (Å²) < 4.78 is 40.1. The van der Waals surface area contributed by atoms with Crippen molar-refractivity contribution in [1.29, 1.82) is 0 Å². The van der Waals surface area contributed by atoms with E-state index in [1.165, 1.54) is 12.3 Å². The number of H-pyrrole nitrogens is 1. The first-order valence-corrected chi connectivity index (χ1v) is 6.29. The van der Waals surface area contributed by atoms with Crippen molar-refractivity contribution in [3.8, 4) is 5.69 Å². The fraction of sp³-hybridized carbons (Fsp3) is 0.308. The number of Topliss-reactive ketones (excluding diaryl/α,β-unsaturated/α-hetero) is 1. The zero-order chi connectivity index (χ0) is 15.2. The third kappa shape index (κ3) is 2.26. The van der Waals surface area contributed by atoms with Crippen LogP contribution in [0.5, 0.6) is 0 Å². The van der Waals surface area contributed by atoms with Gasteiger partial charge in [-0.1, -0.05) is 0 Å². The van der Waals surface area contributed by atoms with Gasteiger partial charge in [-0.05, 0) is 18.9 Å². The van der Waals surface area contributed by atoms with E-state index in [1.807, 2.05) is 0 Å². The molecule has 0 amide bonds. The lowest BCUT2D eigenvalue weighted by molar-refractivity contribution is -0.142. The lowest BCUT2D eigenvalue weighted by atomic mass is 9.94. The van der Waals surface area contributed by atoms with Crippen molar-refractivity contribution in [3.63, 3.8) is 0 Å². The van der Waals surface area contributed by atoms with E-state index in [2.05, 4.69) is 10.1 Å². The number of ketones is 1. The normalized spacial score (nSPS) is 15.1. The third-order valence-corrected chi connectivity index (χ3v) is 3.35. The largest absolute Gasteiger partial charge is 0.435 e. The van der Waals surface area contributed by atoms with Crippen LogP contribution in [-0.2, 0) is 12.6 Å². The van der Waals surface area contributed by atoms with E-state index in [0.29, 0.717) is 6.42 Å². The molecule has 0 saturated heterocycles. The van der Waals surface area contributed by atoms with Crippen molar-refractivity contribution in [2.45, 2.75) is 25.4 Å². The molecule has 0 fully saturated rings. The lowest BCUT2D eigenvalue weighted by Crippen LogP contribution is -2.17. The molecule has 0 atom stereocenters. The standard InChI is InChI=1S/C13H10F3N3O2/c14-13(15,16)12-8-2-1-3-9(20)11(8)19(18-12)7-4-5-17-10(21)6-7/h4-6H,1-3H2,(H,17,21). The molecular weight excluding hydrogens is 287 g/mol. The Balaban J connectivity index is 2.29. The number of pyridine rings is 1. The fourth-order valence-corrected chi connectivity index (χ4v) is 2.50. The summed E-state index contributed by atoms with van der Waals surface area (Å²) in [6.45, 7) is 0. The Bertz CT molecular complexity index is 774. The quantitative estimate of drug-likeness (QED) is 0.876. The first kappa shape index (κ1) is 13.6. The maximum absolute atomic E-state index is 13.1. The molecule has 2 heterocycles. The predicted octanol–water partition coefficient (Wildman–Crippen LogP) is 2.10. The fourth-order valence-electron chi connectivity index (χ4n) is 2.50. The number of hydrogen-bond donors (Lipinski definition) is 1. The maximum atomic E-state index is 13.1. The van der Waals surface area contributed by atoms with Gasteiger partial charge in [0.1, 0.15) is 5.69 Å². The number of aromatic nitrogens is 3. The Morgan fingerprint density at radius 2 is 2.00 bits per heavy atom. The topological polar surface area (TPSA) is 67.8 Å².